The molecule has 2 aromatic rings. The van der Waals surface area contributed by atoms with Gasteiger partial charge in [0.2, 0.25) is 0 Å². The van der Waals surface area contributed by atoms with Crippen LogP contribution in [0.4, 0.5) is 0 Å². The van der Waals surface area contributed by atoms with Crippen LogP contribution in [0.1, 0.15) is 11.5 Å². The minimum Gasteiger partial charge on any atom is -0.440 e. The topological polar surface area (TPSA) is 26.0 Å². The van der Waals surface area contributed by atoms with Crippen molar-refractivity contribution >= 4 is 34.5 Å². The number of oxazole rings is 1. The van der Waals surface area contributed by atoms with Crippen molar-refractivity contribution in [3.8, 4) is 10.6 Å². The Labute approximate surface area is 102 Å². The molecule has 80 valence electrons. The Morgan fingerprint density at radius 3 is 2.93 bits per heavy atom. The molecule has 5 heteroatoms. The van der Waals surface area contributed by atoms with E-state index in [0.29, 0.717) is 18.2 Å². The van der Waals surface area contributed by atoms with Gasteiger partial charge in [-0.1, -0.05) is 11.6 Å². The van der Waals surface area contributed by atoms with Crippen LogP contribution in [0.5, 0.6) is 0 Å². The van der Waals surface area contributed by atoms with Gasteiger partial charge in [0.05, 0.1) is 16.1 Å². The fourth-order valence-electron chi connectivity index (χ4n) is 1.21. The first kappa shape index (κ1) is 11.0. The third-order valence-corrected chi connectivity index (χ3v) is 3.89. The van der Waals surface area contributed by atoms with E-state index in [2.05, 4.69) is 4.98 Å². The summed E-state index contributed by atoms with van der Waals surface area (Å²) in [6.07, 6.45) is 2.34. The van der Waals surface area contributed by atoms with Gasteiger partial charge in [-0.2, -0.15) is 0 Å². The Morgan fingerprint density at radius 2 is 2.33 bits per heavy atom. The fraction of sp³-hybridized carbons (Fsp3) is 0.300. The number of aryl methyl sites for hydroxylation is 2. The van der Waals surface area contributed by atoms with Crippen LogP contribution in [0.25, 0.3) is 10.6 Å². The highest BCUT2D eigenvalue weighted by Crippen LogP contribution is 2.36. The predicted molar refractivity (Wildman–Crippen MR) is 64.0 cm³/mol. The highest BCUT2D eigenvalue weighted by Gasteiger charge is 2.13. The van der Waals surface area contributed by atoms with Gasteiger partial charge in [0.15, 0.2) is 11.7 Å². The molecule has 0 unspecified atom stereocenters. The maximum atomic E-state index is 6.13. The zero-order valence-electron chi connectivity index (χ0n) is 8.09. The molecule has 0 N–H and O–H groups in total. The Bertz CT molecular complexity index is 464. The molecule has 0 aliphatic rings. The molecule has 0 aliphatic heterocycles. The third kappa shape index (κ3) is 2.19. The van der Waals surface area contributed by atoms with Crippen LogP contribution in [0, 0.1) is 6.92 Å². The van der Waals surface area contributed by atoms with E-state index in [9.17, 15) is 0 Å². The SMILES string of the molecule is Cc1csc(-c2cnc(CCCl)o2)c1Cl. The second-order valence-electron chi connectivity index (χ2n) is 3.12. The zero-order chi connectivity index (χ0) is 10.8. The van der Waals surface area contributed by atoms with Crippen molar-refractivity contribution in [2.45, 2.75) is 13.3 Å². The lowest BCUT2D eigenvalue weighted by atomic mass is 10.3. The first-order chi connectivity index (χ1) is 7.22. The Balaban J connectivity index is 2.33. The summed E-state index contributed by atoms with van der Waals surface area (Å²) in [6, 6.07) is 0. The molecule has 0 saturated heterocycles. The lowest BCUT2D eigenvalue weighted by Crippen LogP contribution is -1.83. The van der Waals surface area contributed by atoms with Crippen molar-refractivity contribution in [1.29, 1.82) is 0 Å². The second kappa shape index (κ2) is 4.56. The van der Waals surface area contributed by atoms with Crippen LogP contribution >= 0.6 is 34.5 Å². The Morgan fingerprint density at radius 1 is 1.53 bits per heavy atom. The van der Waals surface area contributed by atoms with Crippen LogP contribution in [0.3, 0.4) is 0 Å². The van der Waals surface area contributed by atoms with Gasteiger partial charge < -0.3 is 4.42 Å². The summed E-state index contributed by atoms with van der Waals surface area (Å²) in [5.41, 5.74) is 1.06. The van der Waals surface area contributed by atoms with Crippen molar-refractivity contribution < 1.29 is 4.42 Å². The Kier molecular flexibility index (Phi) is 3.34. The van der Waals surface area contributed by atoms with E-state index >= 15 is 0 Å². The molecule has 0 aliphatic carbocycles. The normalized spacial score (nSPS) is 10.9. The molecule has 0 fully saturated rings. The van der Waals surface area contributed by atoms with Crippen molar-refractivity contribution in [1.82, 2.24) is 4.98 Å². The number of hydrogen-bond acceptors (Lipinski definition) is 3. The molecule has 0 bridgehead atoms. The predicted octanol–water partition coefficient (Wildman–Crippen LogP) is 4.15. The average molecular weight is 262 g/mol. The molecule has 0 aromatic carbocycles. The van der Waals surface area contributed by atoms with E-state index in [4.69, 9.17) is 27.6 Å². The first-order valence-electron chi connectivity index (χ1n) is 4.47. The maximum Gasteiger partial charge on any atom is 0.196 e. The van der Waals surface area contributed by atoms with Crippen molar-refractivity contribution in [2.75, 3.05) is 5.88 Å². The highest BCUT2D eigenvalue weighted by atomic mass is 35.5. The van der Waals surface area contributed by atoms with E-state index in [1.54, 1.807) is 17.5 Å². The molecule has 2 heterocycles. The molecule has 0 saturated carbocycles. The minimum absolute atomic E-state index is 0.511. The van der Waals surface area contributed by atoms with Gasteiger partial charge in [0.1, 0.15) is 0 Å². The van der Waals surface area contributed by atoms with Gasteiger partial charge in [-0.25, -0.2) is 4.98 Å². The summed E-state index contributed by atoms with van der Waals surface area (Å²) in [7, 11) is 0. The molecular weight excluding hydrogens is 253 g/mol. The molecule has 2 nitrogen and oxygen atoms in total. The van der Waals surface area contributed by atoms with Crippen LogP contribution in [-0.4, -0.2) is 10.9 Å². The summed E-state index contributed by atoms with van der Waals surface area (Å²) < 4.78 is 5.53. The van der Waals surface area contributed by atoms with Gasteiger partial charge in [-0.05, 0) is 17.9 Å². The smallest absolute Gasteiger partial charge is 0.196 e. The van der Waals surface area contributed by atoms with E-state index in [1.165, 1.54) is 0 Å². The number of nitrogens with zero attached hydrogens (tertiary/aromatic N) is 1. The van der Waals surface area contributed by atoms with Crippen molar-refractivity contribution in [3.05, 3.63) is 28.1 Å². The first-order valence-corrected chi connectivity index (χ1v) is 6.26. The standard InChI is InChI=1S/C10H9Cl2NOS/c1-6-5-15-10(9(6)12)7-4-13-8(14-7)2-3-11/h4-5H,2-3H2,1H3. The van der Waals surface area contributed by atoms with E-state index < -0.39 is 0 Å². The maximum absolute atomic E-state index is 6.13. The van der Waals surface area contributed by atoms with Gasteiger partial charge in [0, 0.05) is 12.3 Å². The van der Waals surface area contributed by atoms with Crippen molar-refractivity contribution in [2.24, 2.45) is 0 Å². The summed E-state index contributed by atoms with van der Waals surface area (Å²) in [6.45, 7) is 1.97. The number of hydrogen-bond donors (Lipinski definition) is 0. The molecule has 0 amide bonds. The minimum atomic E-state index is 0.511. The number of thiophene rings is 1. The van der Waals surface area contributed by atoms with E-state index in [0.717, 1.165) is 21.2 Å². The third-order valence-electron chi connectivity index (χ3n) is 1.98. The number of halogens is 2. The Hall–Kier alpha value is -0.510. The highest BCUT2D eigenvalue weighted by molar-refractivity contribution is 7.14. The van der Waals surface area contributed by atoms with E-state index in [1.807, 2.05) is 12.3 Å². The molecular formula is C10H9Cl2NOS. The second-order valence-corrected chi connectivity index (χ2v) is 4.75. The number of rotatable bonds is 3. The number of alkyl halides is 1. The fourth-order valence-corrected chi connectivity index (χ4v) is 2.60. The van der Waals surface area contributed by atoms with Gasteiger partial charge in [-0.15, -0.1) is 22.9 Å². The molecule has 0 atom stereocenters. The largest absolute Gasteiger partial charge is 0.440 e. The van der Waals surface area contributed by atoms with Crippen LogP contribution in [0.15, 0.2) is 16.0 Å². The monoisotopic (exact) mass is 261 g/mol. The molecule has 0 radical (unpaired) electrons. The summed E-state index contributed by atoms with van der Waals surface area (Å²) >= 11 is 13.3. The molecule has 2 aromatic heterocycles. The van der Waals surface area contributed by atoms with Gasteiger partial charge >= 0.3 is 0 Å². The quantitative estimate of drug-likeness (QED) is 0.777. The average Bonchev–Trinajstić information content (AvgIpc) is 2.77. The van der Waals surface area contributed by atoms with Crippen molar-refractivity contribution in [3.63, 3.8) is 0 Å². The summed E-state index contributed by atoms with van der Waals surface area (Å²) in [5, 5.41) is 2.75. The van der Waals surface area contributed by atoms with Gasteiger partial charge in [-0.3, -0.25) is 0 Å². The lowest BCUT2D eigenvalue weighted by Gasteiger charge is -1.92. The van der Waals surface area contributed by atoms with Crippen LogP contribution in [0.2, 0.25) is 5.02 Å². The van der Waals surface area contributed by atoms with Crippen LogP contribution in [-0.2, 0) is 6.42 Å². The molecule has 2 rings (SSSR count). The summed E-state index contributed by atoms with van der Waals surface area (Å²) in [4.78, 5) is 5.06. The summed E-state index contributed by atoms with van der Waals surface area (Å²) in [5.74, 6) is 1.89. The van der Waals surface area contributed by atoms with Gasteiger partial charge in [0.25, 0.3) is 0 Å². The zero-order valence-corrected chi connectivity index (χ0v) is 10.4. The van der Waals surface area contributed by atoms with E-state index in [-0.39, 0.29) is 0 Å². The lowest BCUT2D eigenvalue weighted by molar-refractivity contribution is 0.516. The van der Waals surface area contributed by atoms with Crippen LogP contribution < -0.4 is 0 Å². The molecule has 0 spiro atoms. The number of aromatic nitrogens is 1. The molecule has 15 heavy (non-hydrogen) atoms.